The number of hydrogen-bond donors (Lipinski definition) is 0. The average molecular weight is 152 g/mol. The van der Waals surface area contributed by atoms with E-state index in [-0.39, 0.29) is 6.29 Å². The predicted molar refractivity (Wildman–Crippen MR) is 42.1 cm³/mol. The molecule has 0 spiro atoms. The van der Waals surface area contributed by atoms with Crippen LogP contribution in [0.5, 0.6) is 0 Å². The quantitative estimate of drug-likeness (QED) is 0.566. The third kappa shape index (κ3) is 1.52. The lowest BCUT2D eigenvalue weighted by Gasteiger charge is -2.26. The summed E-state index contributed by atoms with van der Waals surface area (Å²) >= 11 is 0. The lowest BCUT2D eigenvalue weighted by Crippen LogP contribution is -2.29. The fourth-order valence-electron chi connectivity index (χ4n) is 1.36. The van der Waals surface area contributed by atoms with Crippen LogP contribution in [0.3, 0.4) is 0 Å². The van der Waals surface area contributed by atoms with Crippen molar-refractivity contribution in [3.63, 3.8) is 0 Å². The van der Waals surface area contributed by atoms with E-state index in [1.54, 1.807) is 0 Å². The molecule has 0 atom stereocenters. The molecule has 0 aromatic carbocycles. The van der Waals surface area contributed by atoms with E-state index in [4.69, 9.17) is 9.47 Å². The second kappa shape index (κ2) is 3.20. The largest absolute Gasteiger partial charge is 0.352 e. The van der Waals surface area contributed by atoms with E-state index in [0.29, 0.717) is 5.92 Å². The fraction of sp³-hybridized carbons (Fsp3) is 0.556. The highest BCUT2D eigenvalue weighted by molar-refractivity contribution is 5.18. The highest BCUT2D eigenvalue weighted by atomic mass is 16.7. The van der Waals surface area contributed by atoms with Gasteiger partial charge in [-0.25, -0.2) is 0 Å². The Morgan fingerprint density at radius 2 is 1.64 bits per heavy atom. The molecule has 0 radical (unpaired) electrons. The van der Waals surface area contributed by atoms with E-state index in [1.807, 2.05) is 12.2 Å². The Kier molecular flexibility index (Phi) is 2.06. The van der Waals surface area contributed by atoms with Gasteiger partial charge in [0.2, 0.25) is 0 Å². The summed E-state index contributed by atoms with van der Waals surface area (Å²) in [6.07, 6.45) is 9.28. The molecule has 0 amide bonds. The van der Waals surface area contributed by atoms with Crippen LogP contribution in [0, 0.1) is 5.92 Å². The van der Waals surface area contributed by atoms with E-state index < -0.39 is 0 Å². The Bertz CT molecular complexity index is 166. The van der Waals surface area contributed by atoms with Crippen LogP contribution in [-0.2, 0) is 9.47 Å². The summed E-state index contributed by atoms with van der Waals surface area (Å²) in [7, 11) is 0. The van der Waals surface area contributed by atoms with E-state index in [0.717, 1.165) is 19.6 Å². The van der Waals surface area contributed by atoms with Crippen molar-refractivity contribution >= 4 is 0 Å². The minimum Gasteiger partial charge on any atom is -0.352 e. The maximum atomic E-state index is 5.44. The topological polar surface area (TPSA) is 18.5 Å². The zero-order chi connectivity index (χ0) is 7.52. The van der Waals surface area contributed by atoms with Crippen molar-refractivity contribution in [3.05, 3.63) is 24.3 Å². The summed E-state index contributed by atoms with van der Waals surface area (Å²) in [5.41, 5.74) is 0. The molecule has 1 fully saturated rings. The normalized spacial score (nSPS) is 26.5. The first kappa shape index (κ1) is 7.07. The van der Waals surface area contributed by atoms with Crippen molar-refractivity contribution < 1.29 is 9.47 Å². The molecule has 1 aliphatic heterocycles. The van der Waals surface area contributed by atoms with Gasteiger partial charge in [0.25, 0.3) is 0 Å². The lowest BCUT2D eigenvalue weighted by atomic mass is 10.1. The standard InChI is InChI=1S/C9H12O2/c1-2-5-8(4-1)9-10-6-3-7-11-9/h1-2,4-5,8-9H,3,6-7H2. The number of ether oxygens (including phenoxy) is 2. The Morgan fingerprint density at radius 1 is 1.00 bits per heavy atom. The molecule has 11 heavy (non-hydrogen) atoms. The zero-order valence-corrected chi connectivity index (χ0v) is 6.40. The van der Waals surface area contributed by atoms with E-state index in [9.17, 15) is 0 Å². The van der Waals surface area contributed by atoms with Gasteiger partial charge < -0.3 is 9.47 Å². The Hall–Kier alpha value is -0.600. The number of allylic oxidation sites excluding steroid dienone is 2. The second-order valence-corrected chi connectivity index (χ2v) is 2.81. The molecular weight excluding hydrogens is 140 g/mol. The Balaban J connectivity index is 1.92. The van der Waals surface area contributed by atoms with Crippen molar-refractivity contribution in [3.8, 4) is 0 Å². The SMILES string of the molecule is C1=CC(C2OCCCO2)C=C1. The van der Waals surface area contributed by atoms with Crippen molar-refractivity contribution in [2.75, 3.05) is 13.2 Å². The van der Waals surface area contributed by atoms with Crippen LogP contribution in [0.4, 0.5) is 0 Å². The Morgan fingerprint density at radius 3 is 2.27 bits per heavy atom. The minimum absolute atomic E-state index is 0.0289. The van der Waals surface area contributed by atoms with Crippen molar-refractivity contribution in [1.29, 1.82) is 0 Å². The number of hydrogen-bond acceptors (Lipinski definition) is 2. The second-order valence-electron chi connectivity index (χ2n) is 2.81. The fourth-order valence-corrected chi connectivity index (χ4v) is 1.36. The third-order valence-corrected chi connectivity index (χ3v) is 1.94. The van der Waals surface area contributed by atoms with Crippen LogP contribution < -0.4 is 0 Å². The van der Waals surface area contributed by atoms with Gasteiger partial charge in [-0.2, -0.15) is 0 Å². The highest BCUT2D eigenvalue weighted by Crippen LogP contribution is 2.20. The molecule has 0 aromatic rings. The molecule has 0 bridgehead atoms. The summed E-state index contributed by atoms with van der Waals surface area (Å²) in [4.78, 5) is 0. The van der Waals surface area contributed by atoms with Crippen LogP contribution in [0.25, 0.3) is 0 Å². The lowest BCUT2D eigenvalue weighted by molar-refractivity contribution is -0.189. The minimum atomic E-state index is -0.0289. The molecule has 0 aromatic heterocycles. The Labute approximate surface area is 66.5 Å². The molecule has 0 saturated carbocycles. The smallest absolute Gasteiger partial charge is 0.167 e. The predicted octanol–water partition coefficient (Wildman–Crippen LogP) is 1.49. The van der Waals surface area contributed by atoms with Gasteiger partial charge >= 0.3 is 0 Å². The highest BCUT2D eigenvalue weighted by Gasteiger charge is 2.21. The van der Waals surface area contributed by atoms with Crippen LogP contribution in [-0.4, -0.2) is 19.5 Å². The first-order valence-corrected chi connectivity index (χ1v) is 4.05. The van der Waals surface area contributed by atoms with Gasteiger partial charge in [-0.3, -0.25) is 0 Å². The van der Waals surface area contributed by atoms with Gasteiger partial charge in [0.15, 0.2) is 6.29 Å². The van der Waals surface area contributed by atoms with Gasteiger partial charge in [-0.05, 0) is 6.42 Å². The molecule has 1 aliphatic carbocycles. The molecular formula is C9H12O2. The zero-order valence-electron chi connectivity index (χ0n) is 6.40. The van der Waals surface area contributed by atoms with Gasteiger partial charge in [0.05, 0.1) is 13.2 Å². The van der Waals surface area contributed by atoms with Crippen LogP contribution in [0.15, 0.2) is 24.3 Å². The molecule has 0 N–H and O–H groups in total. The van der Waals surface area contributed by atoms with Gasteiger partial charge in [-0.1, -0.05) is 24.3 Å². The molecule has 1 heterocycles. The maximum Gasteiger partial charge on any atom is 0.167 e. The first-order chi connectivity index (χ1) is 5.47. The number of rotatable bonds is 1. The summed E-state index contributed by atoms with van der Waals surface area (Å²) in [5.74, 6) is 0.343. The van der Waals surface area contributed by atoms with Gasteiger partial charge in [0, 0.05) is 5.92 Å². The van der Waals surface area contributed by atoms with Gasteiger partial charge in [0.1, 0.15) is 0 Å². The summed E-state index contributed by atoms with van der Waals surface area (Å²) in [6.45, 7) is 1.67. The van der Waals surface area contributed by atoms with E-state index in [1.165, 1.54) is 0 Å². The van der Waals surface area contributed by atoms with Crippen molar-refractivity contribution in [2.24, 2.45) is 5.92 Å². The van der Waals surface area contributed by atoms with Crippen LogP contribution in [0.1, 0.15) is 6.42 Å². The molecule has 2 rings (SSSR count). The van der Waals surface area contributed by atoms with Gasteiger partial charge in [-0.15, -0.1) is 0 Å². The average Bonchev–Trinajstić information content (AvgIpc) is 2.58. The molecule has 1 saturated heterocycles. The summed E-state index contributed by atoms with van der Waals surface area (Å²) < 4.78 is 10.9. The van der Waals surface area contributed by atoms with E-state index in [2.05, 4.69) is 12.2 Å². The summed E-state index contributed by atoms with van der Waals surface area (Å²) in [6, 6.07) is 0. The molecule has 2 aliphatic rings. The molecule has 0 unspecified atom stereocenters. The molecule has 2 nitrogen and oxygen atoms in total. The first-order valence-electron chi connectivity index (χ1n) is 4.05. The van der Waals surface area contributed by atoms with Crippen LogP contribution in [0.2, 0.25) is 0 Å². The molecule has 2 heteroatoms. The third-order valence-electron chi connectivity index (χ3n) is 1.94. The van der Waals surface area contributed by atoms with Crippen molar-refractivity contribution in [1.82, 2.24) is 0 Å². The monoisotopic (exact) mass is 152 g/mol. The van der Waals surface area contributed by atoms with Crippen LogP contribution >= 0.6 is 0 Å². The molecule has 60 valence electrons. The maximum absolute atomic E-state index is 5.44. The summed E-state index contributed by atoms with van der Waals surface area (Å²) in [5, 5.41) is 0. The van der Waals surface area contributed by atoms with E-state index >= 15 is 0 Å². The van der Waals surface area contributed by atoms with Crippen molar-refractivity contribution in [2.45, 2.75) is 12.7 Å².